The average molecular weight is 428 g/mol. The molecule has 7 heteroatoms. The molecule has 2 aromatic carbocycles. The molecule has 1 fully saturated rings. The number of carbonyl (C=O) groups excluding carboxylic acids is 2. The number of likely N-dealkylation sites (tertiary alicyclic amines) is 1. The number of nitrogens with zero attached hydrogens (tertiary/aromatic N) is 1. The molecular formula is C23H25NO5S. The SMILES string of the molecule is Cc1ccc(C(=O)SC[C@@H](C)C(=O)N2C(C(=O)O)CCC2c2ccccc2O)cc1. The second-order valence-electron chi connectivity index (χ2n) is 7.62. The smallest absolute Gasteiger partial charge is 0.326 e. The fourth-order valence-corrected chi connectivity index (χ4v) is 4.58. The highest BCUT2D eigenvalue weighted by molar-refractivity contribution is 8.14. The van der Waals surface area contributed by atoms with Gasteiger partial charge in [0.25, 0.3) is 0 Å². The van der Waals surface area contributed by atoms with Crippen molar-refractivity contribution in [3.05, 3.63) is 65.2 Å². The molecule has 0 aromatic heterocycles. The molecule has 3 atom stereocenters. The quantitative estimate of drug-likeness (QED) is 0.723. The van der Waals surface area contributed by atoms with Crippen molar-refractivity contribution in [1.82, 2.24) is 4.90 Å². The number of carboxylic acid groups (broad SMARTS) is 1. The molecule has 2 unspecified atom stereocenters. The van der Waals surface area contributed by atoms with Crippen LogP contribution in [0.1, 0.15) is 47.3 Å². The Morgan fingerprint density at radius 1 is 1.10 bits per heavy atom. The van der Waals surface area contributed by atoms with Gasteiger partial charge in [-0.05, 0) is 25.8 Å². The van der Waals surface area contributed by atoms with Crippen LogP contribution in [0.25, 0.3) is 0 Å². The summed E-state index contributed by atoms with van der Waals surface area (Å²) in [6.45, 7) is 3.65. The van der Waals surface area contributed by atoms with Gasteiger partial charge >= 0.3 is 5.97 Å². The van der Waals surface area contributed by atoms with Gasteiger partial charge in [0.05, 0.1) is 6.04 Å². The Morgan fingerprint density at radius 2 is 1.77 bits per heavy atom. The van der Waals surface area contributed by atoms with Crippen molar-refractivity contribution in [3.8, 4) is 5.75 Å². The van der Waals surface area contributed by atoms with Gasteiger partial charge in [-0.1, -0.05) is 66.7 Å². The Morgan fingerprint density at radius 3 is 2.40 bits per heavy atom. The first-order valence-electron chi connectivity index (χ1n) is 9.86. The normalized spacial score (nSPS) is 19.5. The molecule has 6 nitrogen and oxygen atoms in total. The Kier molecular flexibility index (Phi) is 6.82. The van der Waals surface area contributed by atoms with E-state index in [0.717, 1.165) is 17.3 Å². The summed E-state index contributed by atoms with van der Waals surface area (Å²) in [6.07, 6.45) is 0.782. The largest absolute Gasteiger partial charge is 0.508 e. The minimum absolute atomic E-state index is 0.0444. The number of phenolic OH excluding ortho intramolecular Hbond substituents is 1. The number of aromatic hydroxyl groups is 1. The zero-order chi connectivity index (χ0) is 21.8. The number of phenols is 1. The average Bonchev–Trinajstić information content (AvgIpc) is 3.17. The van der Waals surface area contributed by atoms with Gasteiger partial charge in [0.2, 0.25) is 11.0 Å². The highest BCUT2D eigenvalue weighted by Crippen LogP contribution is 2.40. The molecule has 2 aromatic rings. The monoisotopic (exact) mass is 427 g/mol. The highest BCUT2D eigenvalue weighted by atomic mass is 32.2. The Balaban J connectivity index is 1.74. The number of aliphatic carboxylic acids is 1. The molecule has 3 rings (SSSR count). The van der Waals surface area contributed by atoms with Crippen LogP contribution in [0, 0.1) is 12.8 Å². The van der Waals surface area contributed by atoms with E-state index in [1.54, 1.807) is 37.3 Å². The molecule has 0 bridgehead atoms. The minimum atomic E-state index is -1.06. The van der Waals surface area contributed by atoms with Crippen molar-refractivity contribution in [2.45, 2.75) is 38.8 Å². The lowest BCUT2D eigenvalue weighted by atomic mass is 10.0. The van der Waals surface area contributed by atoms with Gasteiger partial charge in [-0.25, -0.2) is 4.79 Å². The number of aryl methyl sites for hydroxylation is 1. The maximum absolute atomic E-state index is 13.2. The lowest BCUT2D eigenvalue weighted by Gasteiger charge is -2.31. The molecule has 1 aliphatic rings. The van der Waals surface area contributed by atoms with Crippen LogP contribution in [-0.4, -0.2) is 43.9 Å². The molecular weight excluding hydrogens is 402 g/mol. The van der Waals surface area contributed by atoms with Crippen molar-refractivity contribution >= 4 is 28.8 Å². The number of rotatable bonds is 6. The van der Waals surface area contributed by atoms with Gasteiger partial charge in [-0.3, -0.25) is 9.59 Å². The van der Waals surface area contributed by atoms with Crippen molar-refractivity contribution < 1.29 is 24.6 Å². The van der Waals surface area contributed by atoms with E-state index in [2.05, 4.69) is 0 Å². The molecule has 1 amide bonds. The summed E-state index contributed by atoms with van der Waals surface area (Å²) in [5.74, 6) is -1.63. The molecule has 0 saturated carbocycles. The van der Waals surface area contributed by atoms with E-state index >= 15 is 0 Å². The number of para-hydroxylation sites is 1. The topological polar surface area (TPSA) is 94.9 Å². The first-order valence-corrected chi connectivity index (χ1v) is 10.8. The molecule has 0 spiro atoms. The predicted molar refractivity (Wildman–Crippen MR) is 115 cm³/mol. The van der Waals surface area contributed by atoms with E-state index in [-0.39, 0.29) is 22.5 Å². The molecule has 1 heterocycles. The summed E-state index contributed by atoms with van der Waals surface area (Å²) in [4.78, 5) is 38.8. The van der Waals surface area contributed by atoms with Crippen molar-refractivity contribution in [2.24, 2.45) is 5.92 Å². The van der Waals surface area contributed by atoms with Crippen LogP contribution in [0.5, 0.6) is 5.75 Å². The number of amides is 1. The fourth-order valence-electron chi connectivity index (χ4n) is 3.73. The van der Waals surface area contributed by atoms with Gasteiger partial charge in [-0.15, -0.1) is 0 Å². The second kappa shape index (κ2) is 9.34. The molecule has 1 aliphatic heterocycles. The predicted octanol–water partition coefficient (Wildman–Crippen LogP) is 4.03. The molecule has 2 N–H and O–H groups in total. The number of thioether (sulfide) groups is 1. The van der Waals surface area contributed by atoms with Crippen LogP contribution in [0.2, 0.25) is 0 Å². The minimum Gasteiger partial charge on any atom is -0.508 e. The molecule has 1 saturated heterocycles. The summed E-state index contributed by atoms with van der Waals surface area (Å²) in [5, 5.41) is 19.7. The number of benzene rings is 2. The van der Waals surface area contributed by atoms with Crippen molar-refractivity contribution in [1.29, 1.82) is 0 Å². The maximum Gasteiger partial charge on any atom is 0.326 e. The summed E-state index contributed by atoms with van der Waals surface area (Å²) in [6, 6.07) is 12.5. The Hall–Kier alpha value is -2.80. The van der Waals surface area contributed by atoms with E-state index in [0.29, 0.717) is 24.0 Å². The summed E-state index contributed by atoms with van der Waals surface area (Å²) in [7, 11) is 0. The maximum atomic E-state index is 13.2. The first-order chi connectivity index (χ1) is 14.3. The van der Waals surface area contributed by atoms with Gasteiger partial charge in [0.15, 0.2) is 0 Å². The molecule has 158 valence electrons. The Labute approximate surface area is 179 Å². The van der Waals surface area contributed by atoms with Crippen LogP contribution >= 0.6 is 11.8 Å². The summed E-state index contributed by atoms with van der Waals surface area (Å²) in [5.41, 5.74) is 2.18. The van der Waals surface area contributed by atoms with Crippen LogP contribution in [0.15, 0.2) is 48.5 Å². The fraction of sp³-hybridized carbons (Fsp3) is 0.348. The van der Waals surface area contributed by atoms with Gasteiger partial charge in [-0.2, -0.15) is 0 Å². The molecule has 0 radical (unpaired) electrons. The highest BCUT2D eigenvalue weighted by Gasteiger charge is 2.43. The third-order valence-electron chi connectivity index (χ3n) is 5.39. The zero-order valence-electron chi connectivity index (χ0n) is 16.9. The third-order valence-corrected chi connectivity index (χ3v) is 6.56. The van der Waals surface area contributed by atoms with Gasteiger partial charge in [0, 0.05) is 22.8 Å². The van der Waals surface area contributed by atoms with E-state index < -0.39 is 24.0 Å². The standard InChI is InChI=1S/C23H25NO5S/c1-14-7-9-16(10-8-14)23(29)30-13-15(2)21(26)24-18(11-12-19(24)22(27)28)17-5-3-4-6-20(17)25/h3-10,15,18-19,25H,11-13H2,1-2H3,(H,27,28)/t15-,18?,19?/m1/s1. The van der Waals surface area contributed by atoms with Gasteiger partial charge < -0.3 is 15.1 Å². The number of carboxylic acids is 1. The van der Waals surface area contributed by atoms with Crippen LogP contribution in [-0.2, 0) is 9.59 Å². The van der Waals surface area contributed by atoms with Crippen LogP contribution in [0.4, 0.5) is 0 Å². The van der Waals surface area contributed by atoms with Crippen molar-refractivity contribution in [3.63, 3.8) is 0 Å². The lowest BCUT2D eigenvalue weighted by Crippen LogP contribution is -2.44. The number of carbonyl (C=O) groups is 3. The van der Waals surface area contributed by atoms with Crippen molar-refractivity contribution in [2.75, 3.05) is 5.75 Å². The number of hydrogen-bond acceptors (Lipinski definition) is 5. The molecule has 0 aliphatic carbocycles. The number of hydrogen-bond donors (Lipinski definition) is 2. The van der Waals surface area contributed by atoms with Gasteiger partial charge in [0.1, 0.15) is 11.8 Å². The summed E-state index contributed by atoms with van der Waals surface area (Å²) >= 11 is 1.06. The van der Waals surface area contributed by atoms with E-state index in [9.17, 15) is 24.6 Å². The van der Waals surface area contributed by atoms with Crippen LogP contribution in [0.3, 0.4) is 0 Å². The lowest BCUT2D eigenvalue weighted by molar-refractivity contribution is -0.151. The Bertz CT molecular complexity index is 943. The molecule has 30 heavy (non-hydrogen) atoms. The first kappa shape index (κ1) is 21.9. The second-order valence-corrected chi connectivity index (χ2v) is 8.61. The zero-order valence-corrected chi connectivity index (χ0v) is 17.8. The van der Waals surface area contributed by atoms with E-state index in [1.165, 1.54) is 11.0 Å². The van der Waals surface area contributed by atoms with E-state index in [4.69, 9.17) is 0 Å². The summed E-state index contributed by atoms with van der Waals surface area (Å²) < 4.78 is 0. The van der Waals surface area contributed by atoms with Crippen LogP contribution < -0.4 is 0 Å². The van der Waals surface area contributed by atoms with E-state index in [1.807, 2.05) is 19.1 Å². The third kappa shape index (κ3) is 4.67.